The molecule has 0 saturated heterocycles. The second-order valence-corrected chi connectivity index (χ2v) is 7.01. The van der Waals surface area contributed by atoms with Gasteiger partial charge in [-0.2, -0.15) is 0 Å². The van der Waals surface area contributed by atoms with Gasteiger partial charge >= 0.3 is 0 Å². The second kappa shape index (κ2) is 7.80. The van der Waals surface area contributed by atoms with Crippen LogP contribution in [-0.4, -0.2) is 21.8 Å². The minimum Gasteiger partial charge on any atom is -0.349 e. The van der Waals surface area contributed by atoms with Crippen LogP contribution in [0.4, 0.5) is 10.1 Å². The van der Waals surface area contributed by atoms with Gasteiger partial charge in [-0.25, -0.2) is 9.37 Å². The maximum atomic E-state index is 13.2. The van der Waals surface area contributed by atoms with Gasteiger partial charge in [0.15, 0.2) is 0 Å². The van der Waals surface area contributed by atoms with Crippen molar-refractivity contribution in [2.75, 3.05) is 5.32 Å². The van der Waals surface area contributed by atoms with E-state index in [-0.39, 0.29) is 37.0 Å². The van der Waals surface area contributed by atoms with Crippen LogP contribution in [0.1, 0.15) is 36.2 Å². The van der Waals surface area contributed by atoms with Gasteiger partial charge in [-0.15, -0.1) is 0 Å². The van der Waals surface area contributed by atoms with Crippen LogP contribution in [0.15, 0.2) is 36.4 Å². The van der Waals surface area contributed by atoms with E-state index in [2.05, 4.69) is 26.7 Å². The number of aromatic nitrogens is 2. The quantitative estimate of drug-likeness (QED) is 0.614. The molecule has 3 N–H and O–H groups in total. The number of nitrogens with zero attached hydrogens (tertiary/aromatic N) is 1. The van der Waals surface area contributed by atoms with Crippen LogP contribution in [0.3, 0.4) is 0 Å². The fraction of sp³-hybridized carbons (Fsp3) is 0.286. The first kappa shape index (κ1) is 18.2. The Hall–Kier alpha value is -3.22. The lowest BCUT2D eigenvalue weighted by Gasteiger charge is -2.08. The molecule has 0 radical (unpaired) electrons. The molecule has 0 bridgehead atoms. The van der Waals surface area contributed by atoms with Crippen LogP contribution in [0.5, 0.6) is 0 Å². The molecule has 4 rings (SSSR count). The first-order chi connectivity index (χ1) is 13.6. The highest BCUT2D eigenvalue weighted by Gasteiger charge is 2.13. The SMILES string of the molecule is O=C(CCC(=O)Nc1ccc2c(c1)CCC2)NCc1nc2ccc(F)cc2[nH]1. The third-order valence-electron chi connectivity index (χ3n) is 4.91. The van der Waals surface area contributed by atoms with Crippen molar-refractivity contribution < 1.29 is 14.0 Å². The maximum absolute atomic E-state index is 13.2. The van der Waals surface area contributed by atoms with Crippen molar-refractivity contribution in [1.82, 2.24) is 15.3 Å². The summed E-state index contributed by atoms with van der Waals surface area (Å²) in [5.74, 6) is -0.235. The number of hydrogen-bond donors (Lipinski definition) is 3. The second-order valence-electron chi connectivity index (χ2n) is 7.01. The Morgan fingerprint density at radius 1 is 1.04 bits per heavy atom. The molecule has 1 aromatic heterocycles. The zero-order valence-electron chi connectivity index (χ0n) is 15.3. The van der Waals surface area contributed by atoms with Crippen molar-refractivity contribution in [3.8, 4) is 0 Å². The average Bonchev–Trinajstić information content (AvgIpc) is 3.30. The van der Waals surface area contributed by atoms with Crippen LogP contribution in [0.25, 0.3) is 11.0 Å². The molecule has 0 spiro atoms. The number of amides is 2. The monoisotopic (exact) mass is 380 g/mol. The zero-order chi connectivity index (χ0) is 19.5. The number of halogens is 1. The lowest BCUT2D eigenvalue weighted by molar-refractivity contribution is -0.124. The highest BCUT2D eigenvalue weighted by Crippen LogP contribution is 2.25. The number of hydrogen-bond acceptors (Lipinski definition) is 3. The van der Waals surface area contributed by atoms with Crippen molar-refractivity contribution in [2.45, 2.75) is 38.6 Å². The molecular formula is C21H21FN4O2. The van der Waals surface area contributed by atoms with E-state index in [4.69, 9.17) is 0 Å². The molecule has 0 atom stereocenters. The van der Waals surface area contributed by atoms with Gasteiger partial charge < -0.3 is 15.6 Å². The van der Waals surface area contributed by atoms with Crippen molar-refractivity contribution >= 4 is 28.5 Å². The lowest BCUT2D eigenvalue weighted by atomic mass is 10.1. The molecule has 0 unspecified atom stereocenters. The number of benzene rings is 2. The first-order valence-corrected chi connectivity index (χ1v) is 9.39. The van der Waals surface area contributed by atoms with E-state index < -0.39 is 0 Å². The normalized spacial score (nSPS) is 12.8. The van der Waals surface area contributed by atoms with Gasteiger partial charge in [0.05, 0.1) is 17.6 Å². The van der Waals surface area contributed by atoms with E-state index in [0.717, 1.165) is 24.9 Å². The molecular weight excluding hydrogens is 359 g/mol. The predicted molar refractivity (Wildman–Crippen MR) is 104 cm³/mol. The Morgan fingerprint density at radius 3 is 2.75 bits per heavy atom. The van der Waals surface area contributed by atoms with E-state index >= 15 is 0 Å². The zero-order valence-corrected chi connectivity index (χ0v) is 15.3. The molecule has 1 heterocycles. The standard InChI is InChI=1S/C21H21FN4O2/c22-15-5-7-17-18(11-15)26-19(25-17)12-23-20(27)8-9-21(28)24-16-6-4-13-2-1-3-14(13)10-16/h4-7,10-11H,1-3,8-9,12H2,(H,23,27)(H,24,28)(H,25,26). The van der Waals surface area contributed by atoms with Gasteiger partial charge in [0.25, 0.3) is 0 Å². The van der Waals surface area contributed by atoms with E-state index in [1.165, 1.54) is 23.3 Å². The number of carbonyl (C=O) groups excluding carboxylic acids is 2. The predicted octanol–water partition coefficient (Wildman–Crippen LogP) is 3.23. The van der Waals surface area contributed by atoms with Crippen LogP contribution in [-0.2, 0) is 29.0 Å². The van der Waals surface area contributed by atoms with E-state index in [0.29, 0.717) is 16.9 Å². The number of aryl methyl sites for hydroxylation is 2. The molecule has 28 heavy (non-hydrogen) atoms. The number of aromatic amines is 1. The van der Waals surface area contributed by atoms with Crippen LogP contribution >= 0.6 is 0 Å². The smallest absolute Gasteiger partial charge is 0.224 e. The topological polar surface area (TPSA) is 86.9 Å². The summed E-state index contributed by atoms with van der Waals surface area (Å²) in [5, 5.41) is 5.57. The average molecular weight is 380 g/mol. The summed E-state index contributed by atoms with van der Waals surface area (Å²) in [7, 11) is 0. The third-order valence-corrected chi connectivity index (χ3v) is 4.91. The molecule has 6 nitrogen and oxygen atoms in total. The number of imidazole rings is 1. The fourth-order valence-corrected chi connectivity index (χ4v) is 3.49. The Morgan fingerprint density at radius 2 is 1.86 bits per heavy atom. The number of H-pyrrole nitrogens is 1. The Bertz CT molecular complexity index is 1040. The number of nitrogens with one attached hydrogen (secondary N) is 3. The number of fused-ring (bicyclic) bond motifs is 2. The van der Waals surface area contributed by atoms with E-state index in [1.807, 2.05) is 12.1 Å². The molecule has 0 saturated carbocycles. The minimum absolute atomic E-state index is 0.0889. The van der Waals surface area contributed by atoms with Crippen molar-refractivity contribution in [2.24, 2.45) is 0 Å². The third kappa shape index (κ3) is 4.19. The largest absolute Gasteiger partial charge is 0.349 e. The van der Waals surface area contributed by atoms with Crippen molar-refractivity contribution in [3.05, 3.63) is 59.2 Å². The molecule has 0 aliphatic heterocycles. The van der Waals surface area contributed by atoms with E-state index in [9.17, 15) is 14.0 Å². The summed E-state index contributed by atoms with van der Waals surface area (Å²) in [6.07, 6.45) is 3.51. The summed E-state index contributed by atoms with van der Waals surface area (Å²) < 4.78 is 13.2. The van der Waals surface area contributed by atoms with Crippen molar-refractivity contribution in [1.29, 1.82) is 0 Å². The van der Waals surface area contributed by atoms with Gasteiger partial charge in [0.1, 0.15) is 11.6 Å². The number of carbonyl (C=O) groups is 2. The Balaban J connectivity index is 1.24. The molecule has 1 aliphatic carbocycles. The Kier molecular flexibility index (Phi) is 5.06. The molecule has 144 valence electrons. The molecule has 2 aromatic carbocycles. The van der Waals surface area contributed by atoms with E-state index in [1.54, 1.807) is 6.07 Å². The summed E-state index contributed by atoms with van der Waals surface area (Å²) in [6, 6.07) is 10.3. The van der Waals surface area contributed by atoms with Gasteiger partial charge in [0, 0.05) is 18.5 Å². The van der Waals surface area contributed by atoms with Gasteiger partial charge in [-0.1, -0.05) is 6.07 Å². The molecule has 2 amide bonds. The molecule has 3 aromatic rings. The van der Waals surface area contributed by atoms with Gasteiger partial charge in [0.2, 0.25) is 11.8 Å². The van der Waals surface area contributed by atoms with Gasteiger partial charge in [-0.05, 0) is 60.7 Å². The summed E-state index contributed by atoms with van der Waals surface area (Å²) in [6.45, 7) is 0.196. The maximum Gasteiger partial charge on any atom is 0.224 e. The summed E-state index contributed by atoms with van der Waals surface area (Å²) >= 11 is 0. The number of anilines is 1. The van der Waals surface area contributed by atoms with Crippen LogP contribution in [0, 0.1) is 5.82 Å². The summed E-state index contributed by atoms with van der Waals surface area (Å²) in [4.78, 5) is 31.4. The highest BCUT2D eigenvalue weighted by molar-refractivity contribution is 5.93. The van der Waals surface area contributed by atoms with Gasteiger partial charge in [-0.3, -0.25) is 9.59 Å². The fourth-order valence-electron chi connectivity index (χ4n) is 3.49. The van der Waals surface area contributed by atoms with Crippen molar-refractivity contribution in [3.63, 3.8) is 0 Å². The van der Waals surface area contributed by atoms with Crippen LogP contribution in [0.2, 0.25) is 0 Å². The lowest BCUT2D eigenvalue weighted by Crippen LogP contribution is -2.25. The molecule has 7 heteroatoms. The molecule has 0 fully saturated rings. The number of rotatable bonds is 6. The molecule has 1 aliphatic rings. The van der Waals surface area contributed by atoms with Crippen LogP contribution < -0.4 is 10.6 Å². The highest BCUT2D eigenvalue weighted by atomic mass is 19.1. The first-order valence-electron chi connectivity index (χ1n) is 9.39. The Labute approximate surface area is 161 Å². The minimum atomic E-state index is -0.346. The summed E-state index contributed by atoms with van der Waals surface area (Å²) in [5.41, 5.74) is 4.64.